The zero-order chi connectivity index (χ0) is 10.6. The fourth-order valence-electron chi connectivity index (χ4n) is 3.11. The minimum atomic E-state index is -2.78. The summed E-state index contributed by atoms with van der Waals surface area (Å²) in [4.78, 5) is 2.37. The van der Waals surface area contributed by atoms with Gasteiger partial charge in [-0.25, -0.2) is 8.42 Å². The summed E-state index contributed by atoms with van der Waals surface area (Å²) in [6, 6.07) is 0. The van der Waals surface area contributed by atoms with Crippen LogP contribution in [0.3, 0.4) is 0 Å². The molecule has 0 radical (unpaired) electrons. The zero-order valence-electron chi connectivity index (χ0n) is 9.21. The van der Waals surface area contributed by atoms with E-state index in [4.69, 9.17) is 0 Å². The quantitative estimate of drug-likeness (QED) is 0.651. The number of likely N-dealkylation sites (tertiary alicyclic amines) is 1. The second-order valence-corrected chi connectivity index (χ2v) is 7.52. The highest BCUT2D eigenvalue weighted by atomic mass is 32.2. The lowest BCUT2D eigenvalue weighted by Crippen LogP contribution is -2.34. The maximum atomic E-state index is 11.6. The van der Waals surface area contributed by atoms with Crippen molar-refractivity contribution in [3.63, 3.8) is 0 Å². The Morgan fingerprint density at radius 3 is 1.93 bits per heavy atom. The van der Waals surface area contributed by atoms with E-state index < -0.39 is 9.84 Å². The molecular weight excluding hydrogens is 198 g/mol. The molecule has 2 rings (SSSR count). The molecule has 0 saturated carbocycles. The first-order chi connectivity index (χ1) is 6.30. The van der Waals surface area contributed by atoms with Crippen molar-refractivity contribution in [3.05, 3.63) is 0 Å². The van der Waals surface area contributed by atoms with Crippen molar-refractivity contribution in [2.24, 2.45) is 10.8 Å². The molecule has 0 N–H and O–H groups in total. The first-order valence-corrected chi connectivity index (χ1v) is 7.05. The van der Waals surface area contributed by atoms with Crippen molar-refractivity contribution in [1.29, 1.82) is 0 Å². The number of rotatable bonds is 1. The molecule has 14 heavy (non-hydrogen) atoms. The van der Waals surface area contributed by atoms with Crippen LogP contribution in [-0.4, -0.2) is 44.5 Å². The highest BCUT2D eigenvalue weighted by Crippen LogP contribution is 2.52. The Morgan fingerprint density at radius 1 is 1.14 bits per heavy atom. The number of sulfone groups is 1. The molecular formula is C10H19NO2S. The van der Waals surface area contributed by atoms with Gasteiger partial charge in [-0.1, -0.05) is 20.8 Å². The van der Waals surface area contributed by atoms with Gasteiger partial charge in [-0.15, -0.1) is 0 Å². The van der Waals surface area contributed by atoms with E-state index in [0.29, 0.717) is 11.5 Å². The molecule has 0 aromatic carbocycles. The topological polar surface area (TPSA) is 37.4 Å². The lowest BCUT2D eigenvalue weighted by Gasteiger charge is -2.30. The monoisotopic (exact) mass is 217 g/mol. The van der Waals surface area contributed by atoms with Crippen molar-refractivity contribution >= 4 is 9.84 Å². The lowest BCUT2D eigenvalue weighted by molar-refractivity contribution is 0.212. The van der Waals surface area contributed by atoms with Crippen molar-refractivity contribution in [2.45, 2.75) is 20.8 Å². The molecule has 4 heteroatoms. The van der Waals surface area contributed by atoms with Gasteiger partial charge in [0.15, 0.2) is 9.84 Å². The smallest absolute Gasteiger partial charge is 0.151 e. The summed E-state index contributed by atoms with van der Waals surface area (Å²) in [5, 5.41) is 0. The van der Waals surface area contributed by atoms with Gasteiger partial charge < -0.3 is 4.90 Å². The summed E-state index contributed by atoms with van der Waals surface area (Å²) in [6.45, 7) is 9.33. The molecule has 0 spiro atoms. The summed E-state index contributed by atoms with van der Waals surface area (Å²) < 4.78 is 23.3. The van der Waals surface area contributed by atoms with E-state index >= 15 is 0 Å². The van der Waals surface area contributed by atoms with Gasteiger partial charge >= 0.3 is 0 Å². The van der Waals surface area contributed by atoms with Gasteiger partial charge in [0.25, 0.3) is 0 Å². The van der Waals surface area contributed by atoms with Gasteiger partial charge in [-0.05, 0) is 6.54 Å². The molecule has 2 fully saturated rings. The second kappa shape index (κ2) is 2.73. The predicted octanol–water partition coefficient (Wildman–Crippen LogP) is 0.763. The third-order valence-corrected chi connectivity index (χ3v) is 6.28. The van der Waals surface area contributed by atoms with Crippen molar-refractivity contribution in [1.82, 2.24) is 4.90 Å². The molecule has 2 aliphatic heterocycles. The van der Waals surface area contributed by atoms with E-state index in [1.54, 1.807) is 0 Å². The lowest BCUT2D eigenvalue weighted by atomic mass is 9.71. The first-order valence-electron chi connectivity index (χ1n) is 5.23. The molecule has 0 bridgehead atoms. The molecule has 2 heterocycles. The zero-order valence-corrected chi connectivity index (χ0v) is 10.0. The van der Waals surface area contributed by atoms with Crippen molar-refractivity contribution < 1.29 is 8.42 Å². The van der Waals surface area contributed by atoms with Gasteiger partial charge in [0.05, 0.1) is 11.5 Å². The van der Waals surface area contributed by atoms with Crippen LogP contribution in [0.1, 0.15) is 20.8 Å². The van der Waals surface area contributed by atoms with Crippen LogP contribution in [0.2, 0.25) is 0 Å². The highest BCUT2D eigenvalue weighted by molar-refractivity contribution is 7.91. The fraction of sp³-hybridized carbons (Fsp3) is 1.00. The average molecular weight is 217 g/mol. The van der Waals surface area contributed by atoms with Crippen LogP contribution in [0.25, 0.3) is 0 Å². The van der Waals surface area contributed by atoms with Gasteiger partial charge in [0.1, 0.15) is 0 Å². The van der Waals surface area contributed by atoms with Crippen LogP contribution >= 0.6 is 0 Å². The maximum absolute atomic E-state index is 11.6. The van der Waals surface area contributed by atoms with E-state index in [1.807, 2.05) is 0 Å². The van der Waals surface area contributed by atoms with E-state index in [-0.39, 0.29) is 10.8 Å². The SMILES string of the molecule is CCN1C[C@@]2(C)CS(=O)(=O)C[C@@]2(C)C1. The molecule has 2 saturated heterocycles. The Bertz CT molecular complexity index is 325. The molecule has 0 unspecified atom stereocenters. The van der Waals surface area contributed by atoms with Crippen molar-refractivity contribution in [2.75, 3.05) is 31.1 Å². The van der Waals surface area contributed by atoms with Crippen LogP contribution < -0.4 is 0 Å². The summed E-state index contributed by atoms with van der Waals surface area (Å²) in [7, 11) is -2.78. The molecule has 0 amide bonds. The van der Waals surface area contributed by atoms with Crippen LogP contribution in [0.4, 0.5) is 0 Å². The molecule has 2 atom stereocenters. The highest BCUT2D eigenvalue weighted by Gasteiger charge is 2.59. The van der Waals surface area contributed by atoms with Crippen LogP contribution in [0.15, 0.2) is 0 Å². The Kier molecular flexibility index (Phi) is 2.03. The number of hydrogen-bond donors (Lipinski definition) is 0. The largest absolute Gasteiger partial charge is 0.302 e. The Morgan fingerprint density at radius 2 is 1.57 bits per heavy atom. The molecule has 3 nitrogen and oxygen atoms in total. The number of fused-ring (bicyclic) bond motifs is 1. The normalized spacial score (nSPS) is 46.8. The molecule has 0 aromatic rings. The average Bonchev–Trinajstić information content (AvgIpc) is 2.29. The Hall–Kier alpha value is -0.0900. The number of hydrogen-bond acceptors (Lipinski definition) is 3. The van der Waals surface area contributed by atoms with Crippen LogP contribution in [0, 0.1) is 10.8 Å². The summed E-state index contributed by atoms with van der Waals surface area (Å²) in [5.74, 6) is 0.764. The van der Waals surface area contributed by atoms with Gasteiger partial charge in [0.2, 0.25) is 0 Å². The first kappa shape index (κ1) is 10.4. The standard InChI is InChI=1S/C10H19NO2S/c1-4-11-5-9(2)7-14(12,13)8-10(9,3)6-11/h4-8H2,1-3H3/t9-,10+. The van der Waals surface area contributed by atoms with E-state index in [1.165, 1.54) is 0 Å². The minimum Gasteiger partial charge on any atom is -0.302 e. The van der Waals surface area contributed by atoms with E-state index in [9.17, 15) is 8.42 Å². The number of nitrogens with zero attached hydrogens (tertiary/aromatic N) is 1. The molecule has 0 aromatic heterocycles. The Balaban J connectivity index is 2.33. The molecule has 2 aliphatic rings. The summed E-state index contributed by atoms with van der Waals surface area (Å²) >= 11 is 0. The van der Waals surface area contributed by atoms with Crippen LogP contribution in [-0.2, 0) is 9.84 Å². The predicted molar refractivity (Wildman–Crippen MR) is 57.0 cm³/mol. The molecule has 0 aliphatic carbocycles. The third-order valence-electron chi connectivity index (χ3n) is 4.13. The van der Waals surface area contributed by atoms with Gasteiger partial charge in [0, 0.05) is 23.9 Å². The maximum Gasteiger partial charge on any atom is 0.151 e. The minimum absolute atomic E-state index is 0.0121. The van der Waals surface area contributed by atoms with Crippen molar-refractivity contribution in [3.8, 4) is 0 Å². The molecule has 82 valence electrons. The van der Waals surface area contributed by atoms with Crippen LogP contribution in [0.5, 0.6) is 0 Å². The summed E-state index contributed by atoms with van der Waals surface area (Å²) in [6.07, 6.45) is 0. The Labute approximate surface area is 86.4 Å². The second-order valence-electron chi connectivity index (χ2n) is 5.46. The fourth-order valence-corrected chi connectivity index (χ4v) is 6.03. The van der Waals surface area contributed by atoms with Gasteiger partial charge in [-0.3, -0.25) is 0 Å². The third kappa shape index (κ3) is 1.31. The van der Waals surface area contributed by atoms with E-state index in [0.717, 1.165) is 19.6 Å². The summed E-state index contributed by atoms with van der Waals surface area (Å²) in [5.41, 5.74) is -0.0241. The van der Waals surface area contributed by atoms with E-state index in [2.05, 4.69) is 25.7 Å². The van der Waals surface area contributed by atoms with Gasteiger partial charge in [-0.2, -0.15) is 0 Å².